The number of amides is 3. The Bertz CT molecular complexity index is 661. The van der Waals surface area contributed by atoms with Gasteiger partial charge in [-0.2, -0.15) is 0 Å². The number of β-amino-alcohol motifs (C(OH)–C–C–N with tert-alkyl or cyclic N) is 1. The van der Waals surface area contributed by atoms with E-state index >= 15 is 0 Å². The first-order valence-corrected chi connectivity index (χ1v) is 7.52. The molecular formula is C16H19FN2O4. The number of carbonyl (C=O) groups is 2. The van der Waals surface area contributed by atoms with E-state index in [1.165, 1.54) is 19.2 Å². The molecule has 0 unspecified atom stereocenters. The molecule has 6 nitrogen and oxygen atoms in total. The van der Waals surface area contributed by atoms with Crippen LogP contribution in [-0.4, -0.2) is 41.1 Å². The number of aliphatic hydroxyl groups is 1. The summed E-state index contributed by atoms with van der Waals surface area (Å²) in [5.74, 6) is -0.723. The molecule has 23 heavy (non-hydrogen) atoms. The van der Waals surface area contributed by atoms with Gasteiger partial charge in [0.25, 0.3) is 5.91 Å². The zero-order valence-corrected chi connectivity index (χ0v) is 13.0. The van der Waals surface area contributed by atoms with E-state index in [-0.39, 0.29) is 29.7 Å². The predicted molar refractivity (Wildman–Crippen MR) is 79.3 cm³/mol. The number of nitrogens with one attached hydrogen (secondary N) is 1. The van der Waals surface area contributed by atoms with Crippen molar-refractivity contribution in [1.29, 1.82) is 0 Å². The highest BCUT2D eigenvalue weighted by Gasteiger charge is 2.56. The molecule has 1 aromatic carbocycles. The number of rotatable bonds is 5. The number of hydrogen-bond acceptors (Lipinski definition) is 4. The van der Waals surface area contributed by atoms with Crippen LogP contribution in [0.15, 0.2) is 18.2 Å². The summed E-state index contributed by atoms with van der Waals surface area (Å²) in [6.45, 7) is 1.50. The van der Waals surface area contributed by atoms with Gasteiger partial charge in [0, 0.05) is 0 Å². The quantitative estimate of drug-likeness (QED) is 0.807. The van der Waals surface area contributed by atoms with E-state index in [1.54, 1.807) is 6.92 Å². The average molecular weight is 322 g/mol. The molecule has 1 aromatic rings. The number of methoxy groups -OCH3 is 1. The lowest BCUT2D eigenvalue weighted by Crippen LogP contribution is -2.46. The predicted octanol–water partition coefficient (Wildman–Crippen LogP) is 1.59. The summed E-state index contributed by atoms with van der Waals surface area (Å²) < 4.78 is 18.5. The lowest BCUT2D eigenvalue weighted by atomic mass is 9.96. The third-order valence-electron chi connectivity index (χ3n) is 4.61. The number of hydrogen-bond donors (Lipinski definition) is 2. The standard InChI is InChI=1S/C16H19FN2O4/c1-16(10-4-5-10)14(21)19(15(22)18-16)8-12(20)9-3-6-13(23-2)11(17)7-9/h3,6-7,10,12,20H,4-5,8H2,1-2H3,(H,18,22)/t12-,16+/m1/s1. The van der Waals surface area contributed by atoms with E-state index in [0.717, 1.165) is 23.8 Å². The Balaban J connectivity index is 1.75. The third-order valence-corrected chi connectivity index (χ3v) is 4.61. The van der Waals surface area contributed by atoms with Crippen LogP contribution in [0.3, 0.4) is 0 Å². The van der Waals surface area contributed by atoms with E-state index in [0.29, 0.717) is 0 Å². The second-order valence-electron chi connectivity index (χ2n) is 6.23. The van der Waals surface area contributed by atoms with Crippen LogP contribution in [0.25, 0.3) is 0 Å². The summed E-state index contributed by atoms with van der Waals surface area (Å²) in [4.78, 5) is 25.6. The maximum absolute atomic E-state index is 13.7. The van der Waals surface area contributed by atoms with E-state index in [2.05, 4.69) is 5.32 Å². The Hall–Kier alpha value is -2.15. The molecule has 2 atom stereocenters. The Labute approximate surface area is 133 Å². The molecule has 7 heteroatoms. The van der Waals surface area contributed by atoms with Crippen LogP contribution in [0.5, 0.6) is 5.75 Å². The first-order valence-electron chi connectivity index (χ1n) is 7.52. The molecule has 124 valence electrons. The van der Waals surface area contributed by atoms with Crippen molar-refractivity contribution in [2.45, 2.75) is 31.4 Å². The Kier molecular flexibility index (Phi) is 3.75. The summed E-state index contributed by atoms with van der Waals surface area (Å²) in [6.07, 6.45) is 0.650. The fourth-order valence-corrected chi connectivity index (χ4v) is 2.99. The largest absolute Gasteiger partial charge is 0.494 e. The van der Waals surface area contributed by atoms with Crippen LogP contribution in [0.4, 0.5) is 9.18 Å². The second-order valence-corrected chi connectivity index (χ2v) is 6.23. The van der Waals surface area contributed by atoms with Gasteiger partial charge in [-0.15, -0.1) is 0 Å². The highest BCUT2D eigenvalue weighted by Crippen LogP contribution is 2.42. The number of carbonyl (C=O) groups excluding carboxylic acids is 2. The molecule has 0 aromatic heterocycles. The fourth-order valence-electron chi connectivity index (χ4n) is 2.99. The van der Waals surface area contributed by atoms with Gasteiger partial charge in [0.05, 0.1) is 19.8 Å². The van der Waals surface area contributed by atoms with Gasteiger partial charge in [-0.1, -0.05) is 6.07 Å². The van der Waals surface area contributed by atoms with Crippen molar-refractivity contribution in [3.8, 4) is 5.75 Å². The molecular weight excluding hydrogens is 303 g/mol. The van der Waals surface area contributed by atoms with Crippen molar-refractivity contribution >= 4 is 11.9 Å². The number of imide groups is 1. The smallest absolute Gasteiger partial charge is 0.325 e. The number of benzene rings is 1. The summed E-state index contributed by atoms with van der Waals surface area (Å²) in [5.41, 5.74) is -0.606. The summed E-state index contributed by atoms with van der Waals surface area (Å²) >= 11 is 0. The van der Waals surface area contributed by atoms with Gasteiger partial charge in [-0.3, -0.25) is 9.69 Å². The molecule has 1 saturated heterocycles. The van der Waals surface area contributed by atoms with Gasteiger partial charge in [0.2, 0.25) is 0 Å². The minimum atomic E-state index is -1.16. The highest BCUT2D eigenvalue weighted by molar-refractivity contribution is 6.07. The molecule has 0 spiro atoms. The third kappa shape index (κ3) is 2.65. The first-order chi connectivity index (χ1) is 10.9. The number of aliphatic hydroxyl groups excluding tert-OH is 1. The molecule has 1 aliphatic carbocycles. The SMILES string of the molecule is COc1ccc([C@H](O)CN2C(=O)N[C@@](C)(C3CC3)C2=O)cc1F. The van der Waals surface area contributed by atoms with Crippen LogP contribution in [0.2, 0.25) is 0 Å². The highest BCUT2D eigenvalue weighted by atomic mass is 19.1. The van der Waals surface area contributed by atoms with E-state index < -0.39 is 23.5 Å². The second kappa shape index (κ2) is 5.49. The maximum atomic E-state index is 13.7. The van der Waals surface area contributed by atoms with Gasteiger partial charge in [0.1, 0.15) is 5.54 Å². The Morgan fingerprint density at radius 1 is 1.48 bits per heavy atom. The van der Waals surface area contributed by atoms with Gasteiger partial charge in [0.15, 0.2) is 11.6 Å². The molecule has 2 aliphatic rings. The fraction of sp³-hybridized carbons (Fsp3) is 0.500. The molecule has 1 heterocycles. The van der Waals surface area contributed by atoms with Crippen LogP contribution < -0.4 is 10.1 Å². The Morgan fingerprint density at radius 2 is 2.17 bits per heavy atom. The molecule has 2 N–H and O–H groups in total. The van der Waals surface area contributed by atoms with Gasteiger partial charge < -0.3 is 15.2 Å². The van der Waals surface area contributed by atoms with Gasteiger partial charge in [-0.25, -0.2) is 9.18 Å². The van der Waals surface area contributed by atoms with Crippen LogP contribution in [-0.2, 0) is 4.79 Å². The first kappa shape index (κ1) is 15.7. The van der Waals surface area contributed by atoms with Crippen molar-refractivity contribution in [3.63, 3.8) is 0 Å². The average Bonchev–Trinajstić information content (AvgIpc) is 3.33. The summed E-state index contributed by atoms with van der Waals surface area (Å²) in [7, 11) is 1.35. The zero-order chi connectivity index (χ0) is 16.8. The van der Waals surface area contributed by atoms with Crippen molar-refractivity contribution in [2.75, 3.05) is 13.7 Å². The number of ether oxygens (including phenoxy) is 1. The minimum absolute atomic E-state index is 0.0669. The van der Waals surface area contributed by atoms with E-state index in [4.69, 9.17) is 4.74 Å². The van der Waals surface area contributed by atoms with Crippen molar-refractivity contribution in [2.24, 2.45) is 5.92 Å². The van der Waals surface area contributed by atoms with Crippen molar-refractivity contribution in [1.82, 2.24) is 10.2 Å². The van der Waals surface area contributed by atoms with Crippen molar-refractivity contribution < 1.29 is 23.8 Å². The molecule has 0 bridgehead atoms. The van der Waals surface area contributed by atoms with Crippen LogP contribution in [0.1, 0.15) is 31.4 Å². The molecule has 0 radical (unpaired) electrons. The van der Waals surface area contributed by atoms with Crippen LogP contribution in [0, 0.1) is 11.7 Å². The maximum Gasteiger partial charge on any atom is 0.325 e. The normalized spacial score (nSPS) is 25.5. The lowest BCUT2D eigenvalue weighted by molar-refractivity contribution is -0.132. The van der Waals surface area contributed by atoms with E-state index in [1.807, 2.05) is 0 Å². The molecule has 2 fully saturated rings. The number of halogens is 1. The van der Waals surface area contributed by atoms with Gasteiger partial charge in [-0.05, 0) is 43.4 Å². The minimum Gasteiger partial charge on any atom is -0.494 e. The molecule has 3 rings (SSSR count). The van der Waals surface area contributed by atoms with Crippen LogP contribution >= 0.6 is 0 Å². The monoisotopic (exact) mass is 322 g/mol. The van der Waals surface area contributed by atoms with E-state index in [9.17, 15) is 19.1 Å². The molecule has 1 aliphatic heterocycles. The Morgan fingerprint density at radius 3 is 2.74 bits per heavy atom. The topological polar surface area (TPSA) is 78.9 Å². The molecule has 3 amide bonds. The summed E-state index contributed by atoms with van der Waals surface area (Å²) in [5, 5.41) is 13.0. The number of nitrogens with zero attached hydrogens (tertiary/aromatic N) is 1. The molecule has 1 saturated carbocycles. The van der Waals surface area contributed by atoms with Gasteiger partial charge >= 0.3 is 6.03 Å². The zero-order valence-electron chi connectivity index (χ0n) is 13.0. The van der Waals surface area contributed by atoms with Crippen molar-refractivity contribution in [3.05, 3.63) is 29.6 Å². The number of urea groups is 1. The summed E-state index contributed by atoms with van der Waals surface area (Å²) in [6, 6.07) is 3.53. The lowest BCUT2D eigenvalue weighted by Gasteiger charge is -2.22.